The van der Waals surface area contributed by atoms with Crippen molar-refractivity contribution in [2.24, 2.45) is 52.3 Å². The Labute approximate surface area is 228 Å². The van der Waals surface area contributed by atoms with E-state index < -0.39 is 11.9 Å². The molecule has 33 heavy (non-hydrogen) atoms. The number of ether oxygens (including phenoxy) is 1. The van der Waals surface area contributed by atoms with Gasteiger partial charge in [0.15, 0.2) is 0 Å². The van der Waals surface area contributed by atoms with Gasteiger partial charge in [0.2, 0.25) is 0 Å². The average molecular weight is 697 g/mol. The van der Waals surface area contributed by atoms with Crippen LogP contribution in [-0.4, -0.2) is 23.0 Å². The van der Waals surface area contributed by atoms with Gasteiger partial charge in [-0.15, -0.1) is 0 Å². The first kappa shape index (κ1) is 35.2. The third-order valence-electron chi connectivity index (χ3n) is 8.14. The molecule has 2 aliphatic carbocycles. The molecule has 0 aromatic carbocycles. The van der Waals surface area contributed by atoms with E-state index in [0.717, 1.165) is 12.3 Å². The molecule has 0 spiro atoms. The zero-order valence-electron chi connectivity index (χ0n) is 21.8. The summed E-state index contributed by atoms with van der Waals surface area (Å²) in [5.41, 5.74) is 0.875. The number of carbonyl (C=O) groups excluding carboxylic acids is 2. The second-order valence-electron chi connectivity index (χ2n) is 11.4. The van der Waals surface area contributed by atoms with Crippen molar-refractivity contribution in [1.29, 1.82) is 1.43 Å². The summed E-state index contributed by atoms with van der Waals surface area (Å²) >= 11 is 4.24. The molecule has 3 aliphatic rings. The number of esters is 2. The standard InChI is InChI=1S/C10H16O2.C8H18.C6H8O3.2CH4.I2/c1-5-6(2)8-3-7(5)4-9(8)10(11)12;1-7(2,3)8(4,5)6;1-3-4(2)6(8)9-5(3)7;;;1-2/h5-9H,3-4H2,1-2H3,(H,11,12);1-6H3;3-4H,1-2H3;2*1H4;/i/hD. The molecule has 5 nitrogen and oxygen atoms in total. The van der Waals surface area contributed by atoms with E-state index in [1.54, 1.807) is 13.8 Å². The average Bonchev–Trinajstić information content (AvgIpc) is 3.33. The number of carbonyl (C=O) groups is 3. The van der Waals surface area contributed by atoms with Crippen LogP contribution in [0.4, 0.5) is 0 Å². The van der Waals surface area contributed by atoms with Crippen molar-refractivity contribution in [1.82, 2.24) is 0 Å². The topological polar surface area (TPSA) is 80.7 Å². The molecule has 1 aliphatic heterocycles. The van der Waals surface area contributed by atoms with Crippen LogP contribution in [0.15, 0.2) is 0 Å². The van der Waals surface area contributed by atoms with Gasteiger partial charge in [-0.25, -0.2) is 0 Å². The Morgan fingerprint density at radius 2 is 1.27 bits per heavy atom. The minimum absolute atomic E-state index is 0. The molecule has 1 N–H and O–H groups in total. The molecule has 3 fully saturated rings. The first-order valence-electron chi connectivity index (χ1n) is 11.5. The lowest BCUT2D eigenvalue weighted by Crippen LogP contribution is -2.29. The molecular formula is C26H50I2O5. The summed E-state index contributed by atoms with van der Waals surface area (Å²) in [6.45, 7) is 21.5. The molecule has 0 aromatic rings. The third kappa shape index (κ3) is 10.3. The number of carboxylic acid groups (broad SMARTS) is 1. The third-order valence-corrected chi connectivity index (χ3v) is 8.14. The van der Waals surface area contributed by atoms with Crippen LogP contribution in [0, 0.1) is 52.3 Å². The molecule has 0 radical (unpaired) electrons. The molecule has 0 aromatic heterocycles. The van der Waals surface area contributed by atoms with Crippen LogP contribution in [0.5, 0.6) is 0 Å². The van der Waals surface area contributed by atoms with E-state index in [1.807, 2.05) is 0 Å². The van der Waals surface area contributed by atoms with E-state index in [0.29, 0.717) is 28.6 Å². The van der Waals surface area contributed by atoms with Crippen LogP contribution >= 0.6 is 37.2 Å². The van der Waals surface area contributed by atoms with Crippen molar-refractivity contribution in [2.45, 2.75) is 96.9 Å². The molecule has 0 amide bonds. The van der Waals surface area contributed by atoms with Gasteiger partial charge < -0.3 is 9.85 Å². The van der Waals surface area contributed by atoms with Crippen LogP contribution in [0.2, 0.25) is 0 Å². The van der Waals surface area contributed by atoms with E-state index in [2.05, 4.69) is 102 Å². The number of aliphatic carboxylic acids is 1. The lowest BCUT2D eigenvalue weighted by molar-refractivity contribution is -0.153. The van der Waals surface area contributed by atoms with E-state index in [1.165, 1.54) is 6.42 Å². The molecule has 2 bridgehead atoms. The Balaban J connectivity index is -0.000000411. The SMILES string of the molecule is C.C.CC(C)(C)C(C)(C)C.CC1C(=O)OC(=O)C1C.II.[2H]OC(=O)C1CC2CC1C(C)C2C. The fourth-order valence-corrected chi connectivity index (χ4v) is 3.90. The van der Waals surface area contributed by atoms with Gasteiger partial charge in [0.1, 0.15) is 0 Å². The molecular weight excluding hydrogens is 646 g/mol. The molecule has 1 saturated heterocycles. The summed E-state index contributed by atoms with van der Waals surface area (Å²) in [4.78, 5) is 32.4. The van der Waals surface area contributed by atoms with Gasteiger partial charge in [0.25, 0.3) is 1.43 Å². The minimum Gasteiger partial charge on any atom is -0.481 e. The van der Waals surface area contributed by atoms with Crippen LogP contribution < -0.4 is 0 Å². The summed E-state index contributed by atoms with van der Waals surface area (Å²) in [5.74, 6) is 0.972. The first-order valence-corrected chi connectivity index (χ1v) is 17.4. The predicted octanol–water partition coefficient (Wildman–Crippen LogP) is 8.46. The lowest BCUT2D eigenvalue weighted by Gasteiger charge is -2.34. The Hall–Kier alpha value is 0.0700. The zero-order valence-corrected chi connectivity index (χ0v) is 25.1. The Kier molecular flexibility index (Phi) is 16.3. The van der Waals surface area contributed by atoms with Crippen molar-refractivity contribution < 1.29 is 24.2 Å². The van der Waals surface area contributed by atoms with Gasteiger partial charge in [-0.3, -0.25) is 14.4 Å². The highest BCUT2D eigenvalue weighted by molar-refractivity contribution is 15.0. The van der Waals surface area contributed by atoms with Crippen molar-refractivity contribution in [3.05, 3.63) is 0 Å². The highest BCUT2D eigenvalue weighted by atomic mass is 128. The summed E-state index contributed by atoms with van der Waals surface area (Å²) < 4.78 is 10.9. The summed E-state index contributed by atoms with van der Waals surface area (Å²) in [5, 5.41) is 4.08. The number of fused-ring (bicyclic) bond motifs is 2. The molecule has 198 valence electrons. The molecule has 7 unspecified atom stereocenters. The maximum Gasteiger partial charge on any atom is 0.317 e. The number of hydrogen-bond acceptors (Lipinski definition) is 5. The van der Waals surface area contributed by atoms with Crippen LogP contribution in [-0.2, 0) is 19.1 Å². The highest BCUT2D eigenvalue weighted by Crippen LogP contribution is 2.54. The molecule has 2 saturated carbocycles. The molecule has 7 atom stereocenters. The normalized spacial score (nSPS) is 32.1. The van der Waals surface area contributed by atoms with Gasteiger partial charge in [-0.1, -0.05) is 84.1 Å². The van der Waals surface area contributed by atoms with Crippen molar-refractivity contribution in [2.75, 3.05) is 0 Å². The summed E-state index contributed by atoms with van der Waals surface area (Å²) in [6.07, 6.45) is 2.12. The summed E-state index contributed by atoms with van der Waals surface area (Å²) in [6, 6.07) is 0. The predicted molar refractivity (Wildman–Crippen MR) is 156 cm³/mol. The second-order valence-corrected chi connectivity index (χ2v) is 11.4. The van der Waals surface area contributed by atoms with Crippen molar-refractivity contribution >= 4 is 55.1 Å². The van der Waals surface area contributed by atoms with Crippen LogP contribution in [0.1, 0.15) is 96.9 Å². The van der Waals surface area contributed by atoms with E-state index in [9.17, 15) is 14.4 Å². The highest BCUT2D eigenvalue weighted by Gasteiger charge is 2.51. The fourth-order valence-electron chi connectivity index (χ4n) is 3.90. The molecule has 7 heteroatoms. The van der Waals surface area contributed by atoms with Crippen LogP contribution in [0.3, 0.4) is 0 Å². The Morgan fingerprint density at radius 1 is 0.879 bits per heavy atom. The molecule has 1 heterocycles. The summed E-state index contributed by atoms with van der Waals surface area (Å²) in [7, 11) is 0. The number of rotatable bonds is 1. The minimum atomic E-state index is -0.396. The van der Waals surface area contributed by atoms with E-state index >= 15 is 0 Å². The number of carboxylic acids is 1. The van der Waals surface area contributed by atoms with E-state index in [-0.39, 0.29) is 38.6 Å². The van der Waals surface area contributed by atoms with Crippen LogP contribution in [0.25, 0.3) is 1.43 Å². The largest absolute Gasteiger partial charge is 0.481 e. The Morgan fingerprint density at radius 3 is 1.48 bits per heavy atom. The van der Waals surface area contributed by atoms with Crippen molar-refractivity contribution in [3.63, 3.8) is 0 Å². The zero-order chi connectivity index (χ0) is 25.6. The Bertz CT molecular complexity index is 610. The monoisotopic (exact) mass is 697 g/mol. The quantitative estimate of drug-likeness (QED) is 0.169. The smallest absolute Gasteiger partial charge is 0.317 e. The fraction of sp³-hybridized carbons (Fsp3) is 0.885. The van der Waals surface area contributed by atoms with Gasteiger partial charge in [-0.2, -0.15) is 0 Å². The number of hydrogen-bond donors (Lipinski definition) is 1. The maximum atomic E-state index is 11.2. The van der Waals surface area contributed by atoms with E-state index in [4.69, 9.17) is 1.43 Å². The van der Waals surface area contributed by atoms with Gasteiger partial charge in [0.05, 0.1) is 17.8 Å². The van der Waals surface area contributed by atoms with Gasteiger partial charge in [0, 0.05) is 37.2 Å². The van der Waals surface area contributed by atoms with Crippen molar-refractivity contribution in [3.8, 4) is 0 Å². The number of cyclic esters (lactones) is 2. The second kappa shape index (κ2) is 15.2. The first-order chi connectivity index (χ1) is 14.5. The molecule has 3 rings (SSSR count). The lowest BCUT2D eigenvalue weighted by atomic mass is 9.71. The van der Waals surface area contributed by atoms with Gasteiger partial charge >= 0.3 is 17.9 Å². The number of halogens is 2. The maximum absolute atomic E-state index is 11.2. The van der Waals surface area contributed by atoms with Gasteiger partial charge in [-0.05, 0) is 47.3 Å².